The molecule has 4 amide bonds. The van der Waals surface area contributed by atoms with Crippen molar-refractivity contribution < 1.29 is 27.9 Å². The Balaban J connectivity index is 0.000000192. The van der Waals surface area contributed by atoms with Crippen molar-refractivity contribution in [1.29, 1.82) is 0 Å². The molecule has 0 radical (unpaired) electrons. The van der Waals surface area contributed by atoms with Crippen LogP contribution in [0.1, 0.15) is 111 Å². The van der Waals surface area contributed by atoms with E-state index in [1.54, 1.807) is 17.2 Å². The van der Waals surface area contributed by atoms with Crippen LogP contribution in [0.4, 0.5) is 25.1 Å². The number of benzene rings is 1. The fourth-order valence-corrected chi connectivity index (χ4v) is 7.06. The summed E-state index contributed by atoms with van der Waals surface area (Å²) >= 11 is 0. The number of ether oxygens (including phenoxy) is 1. The largest absolute Gasteiger partial charge is 0.490 e. The maximum atomic E-state index is 13.0. The van der Waals surface area contributed by atoms with E-state index in [-0.39, 0.29) is 29.4 Å². The van der Waals surface area contributed by atoms with Crippen LogP contribution in [-0.4, -0.2) is 69.9 Å². The van der Waals surface area contributed by atoms with Gasteiger partial charge in [0.1, 0.15) is 22.9 Å². The number of likely N-dealkylation sites (tertiary alicyclic amines) is 1. The molecular formula is C39H47F2N7O4. The molecule has 0 spiro atoms. The molecule has 4 aromatic rings. The van der Waals surface area contributed by atoms with Gasteiger partial charge in [-0.1, -0.05) is 37.5 Å². The number of fused-ring (bicyclic) bond motifs is 1. The van der Waals surface area contributed by atoms with Gasteiger partial charge in [-0.05, 0) is 95.4 Å². The Kier molecular flexibility index (Phi) is 11.8. The molecule has 1 aromatic carbocycles. The molecule has 3 aromatic heterocycles. The number of halogens is 2. The Morgan fingerprint density at radius 3 is 2.33 bits per heavy atom. The predicted molar refractivity (Wildman–Crippen MR) is 195 cm³/mol. The van der Waals surface area contributed by atoms with Crippen LogP contribution in [0.15, 0.2) is 60.9 Å². The van der Waals surface area contributed by atoms with Crippen molar-refractivity contribution in [1.82, 2.24) is 24.6 Å². The number of hydrogen-bond acceptors (Lipinski definition) is 7. The van der Waals surface area contributed by atoms with Crippen molar-refractivity contribution in [2.75, 3.05) is 36.9 Å². The third-order valence-electron chi connectivity index (χ3n) is 9.89. The molecule has 0 bridgehead atoms. The molecule has 2 aliphatic heterocycles. The van der Waals surface area contributed by atoms with Crippen molar-refractivity contribution in [2.24, 2.45) is 0 Å². The number of amides is 4. The summed E-state index contributed by atoms with van der Waals surface area (Å²) in [5.41, 5.74) is 3.85. The molecule has 13 heteroatoms. The van der Waals surface area contributed by atoms with Crippen LogP contribution in [-0.2, 0) is 4.79 Å². The first-order chi connectivity index (χ1) is 25.0. The molecule has 2 saturated heterocycles. The number of rotatable bonds is 8. The number of carbonyl (C=O) groups is 3. The van der Waals surface area contributed by atoms with Crippen molar-refractivity contribution in [3.8, 4) is 5.75 Å². The Labute approximate surface area is 302 Å². The van der Waals surface area contributed by atoms with Gasteiger partial charge in [0.05, 0.1) is 17.4 Å². The number of anilines is 2. The number of hydrogen-bond donors (Lipinski definition) is 2. The molecular weight excluding hydrogens is 668 g/mol. The van der Waals surface area contributed by atoms with Gasteiger partial charge in [0.25, 0.3) is 12.3 Å². The fraction of sp³-hybridized carbons (Fsp3) is 0.462. The minimum Gasteiger partial charge on any atom is -0.490 e. The SMILES string of the molecule is CC(C)Oc1cc2nc(C3CCCCC3)cn2cc1C(=O)Nc1cccc(C(F)F)n1.CN1CCC(c2ccc(N3CCC(=O)NC3=O)cc2)CC1. The lowest BCUT2D eigenvalue weighted by Crippen LogP contribution is -2.49. The average Bonchev–Trinajstić information content (AvgIpc) is 3.55. The molecule has 5 heterocycles. The monoisotopic (exact) mass is 715 g/mol. The quantitative estimate of drug-likeness (QED) is 0.192. The molecule has 3 fully saturated rings. The van der Waals surface area contributed by atoms with Gasteiger partial charge in [0.15, 0.2) is 0 Å². The smallest absolute Gasteiger partial charge is 0.328 e. The van der Waals surface area contributed by atoms with Crippen LogP contribution in [0, 0.1) is 0 Å². The zero-order valence-corrected chi connectivity index (χ0v) is 30.0. The van der Waals surface area contributed by atoms with Crippen molar-refractivity contribution in [3.63, 3.8) is 0 Å². The zero-order valence-electron chi connectivity index (χ0n) is 30.0. The first kappa shape index (κ1) is 36.9. The molecule has 52 heavy (non-hydrogen) atoms. The summed E-state index contributed by atoms with van der Waals surface area (Å²) in [5, 5.41) is 4.96. The minimum atomic E-state index is -2.71. The number of nitrogens with one attached hydrogen (secondary N) is 2. The maximum Gasteiger partial charge on any atom is 0.328 e. The third-order valence-corrected chi connectivity index (χ3v) is 9.89. The highest BCUT2D eigenvalue weighted by atomic mass is 19.3. The fourth-order valence-electron chi connectivity index (χ4n) is 7.06. The third kappa shape index (κ3) is 9.11. The standard InChI is InChI=1S/C23H26F2N4O2.C16H21N3O2/c1-14(2)31-19-11-21-27-18(15-7-4-3-5-8-15)13-29(21)12-16(19)23(30)28-20-10-6-9-17(26-20)22(24)25;1-18-9-6-13(7-10-18)12-2-4-14(5-3-12)19-11-8-15(20)17-16(19)21/h6,9-15,22H,3-5,7-8H2,1-2H3,(H,26,28,30);2-5,13H,6-11H2,1H3,(H,17,20,21). The van der Waals surface area contributed by atoms with E-state index in [2.05, 4.69) is 39.7 Å². The molecule has 1 aliphatic carbocycles. The van der Waals surface area contributed by atoms with Crippen LogP contribution in [0.3, 0.4) is 0 Å². The van der Waals surface area contributed by atoms with Crippen LogP contribution in [0.5, 0.6) is 5.75 Å². The number of pyridine rings is 2. The minimum absolute atomic E-state index is 0.0620. The molecule has 1 saturated carbocycles. The number of aromatic nitrogens is 3. The number of piperidine rings is 1. The van der Waals surface area contributed by atoms with Gasteiger partial charge in [-0.25, -0.2) is 23.5 Å². The molecule has 11 nitrogen and oxygen atoms in total. The first-order valence-corrected chi connectivity index (χ1v) is 18.2. The molecule has 0 atom stereocenters. The van der Waals surface area contributed by atoms with Crippen LogP contribution in [0.2, 0.25) is 0 Å². The van der Waals surface area contributed by atoms with Crippen LogP contribution < -0.4 is 20.3 Å². The van der Waals surface area contributed by atoms with Crippen LogP contribution in [0.25, 0.3) is 5.65 Å². The normalized spacial score (nSPS) is 17.6. The molecule has 276 valence electrons. The summed E-state index contributed by atoms with van der Waals surface area (Å²) in [6, 6.07) is 13.8. The highest BCUT2D eigenvalue weighted by molar-refractivity contribution is 6.06. The Bertz CT molecular complexity index is 1870. The van der Waals surface area contributed by atoms with E-state index in [9.17, 15) is 23.2 Å². The van der Waals surface area contributed by atoms with Crippen molar-refractivity contribution in [3.05, 3.63) is 83.4 Å². The van der Waals surface area contributed by atoms with E-state index < -0.39 is 18.0 Å². The van der Waals surface area contributed by atoms with E-state index in [4.69, 9.17) is 9.72 Å². The van der Waals surface area contributed by atoms with E-state index in [1.165, 1.54) is 55.9 Å². The second kappa shape index (κ2) is 16.6. The molecule has 0 unspecified atom stereocenters. The van der Waals surface area contributed by atoms with Crippen molar-refractivity contribution in [2.45, 2.75) is 89.6 Å². The molecule has 2 N–H and O–H groups in total. The number of carbonyl (C=O) groups excluding carboxylic acids is 3. The van der Waals surface area contributed by atoms with Crippen LogP contribution >= 0.6 is 0 Å². The second-order valence-corrected chi connectivity index (χ2v) is 14.1. The number of alkyl halides is 2. The maximum absolute atomic E-state index is 13.0. The number of nitrogens with zero attached hydrogens (tertiary/aromatic N) is 5. The summed E-state index contributed by atoms with van der Waals surface area (Å²) in [6.07, 6.45) is 9.45. The van der Waals surface area contributed by atoms with Gasteiger partial charge in [0, 0.05) is 43.0 Å². The predicted octanol–water partition coefficient (Wildman–Crippen LogP) is 7.70. The van der Waals surface area contributed by atoms with Gasteiger partial charge < -0.3 is 19.4 Å². The summed E-state index contributed by atoms with van der Waals surface area (Å²) in [6.45, 7) is 6.49. The lowest BCUT2D eigenvalue weighted by atomic mass is 9.87. The zero-order chi connectivity index (χ0) is 36.8. The topological polar surface area (TPSA) is 121 Å². The average molecular weight is 716 g/mol. The van der Waals surface area contributed by atoms with E-state index in [1.807, 2.05) is 36.6 Å². The summed E-state index contributed by atoms with van der Waals surface area (Å²) < 4.78 is 33.6. The Morgan fingerprint density at radius 2 is 1.65 bits per heavy atom. The summed E-state index contributed by atoms with van der Waals surface area (Å²) in [7, 11) is 2.16. The Hall–Kier alpha value is -4.91. The molecule has 3 aliphatic rings. The Morgan fingerprint density at radius 1 is 0.923 bits per heavy atom. The summed E-state index contributed by atoms with van der Waals surface area (Å²) in [4.78, 5) is 48.6. The van der Waals surface area contributed by atoms with Crippen molar-refractivity contribution >= 4 is 35.0 Å². The lowest BCUT2D eigenvalue weighted by Gasteiger charge is -2.30. The van der Waals surface area contributed by atoms with E-state index in [0.29, 0.717) is 36.2 Å². The molecule has 7 rings (SSSR count). The lowest BCUT2D eigenvalue weighted by molar-refractivity contribution is -0.120. The highest BCUT2D eigenvalue weighted by Gasteiger charge is 2.25. The van der Waals surface area contributed by atoms with Gasteiger partial charge in [0.2, 0.25) is 5.91 Å². The summed E-state index contributed by atoms with van der Waals surface area (Å²) in [5.74, 6) is 0.829. The van der Waals surface area contributed by atoms with E-state index >= 15 is 0 Å². The van der Waals surface area contributed by atoms with E-state index in [0.717, 1.165) is 37.3 Å². The number of imidazole rings is 1. The highest BCUT2D eigenvalue weighted by Crippen LogP contribution is 2.34. The number of urea groups is 1. The van der Waals surface area contributed by atoms with Gasteiger partial charge in [-0.2, -0.15) is 0 Å². The van der Waals surface area contributed by atoms with Gasteiger partial charge in [-0.15, -0.1) is 0 Å². The second-order valence-electron chi connectivity index (χ2n) is 14.1. The van der Waals surface area contributed by atoms with Gasteiger partial charge >= 0.3 is 6.03 Å². The van der Waals surface area contributed by atoms with Gasteiger partial charge in [-0.3, -0.25) is 19.8 Å². The number of imide groups is 1. The first-order valence-electron chi connectivity index (χ1n) is 18.2.